The van der Waals surface area contributed by atoms with Gasteiger partial charge in [-0.1, -0.05) is 11.6 Å². The first kappa shape index (κ1) is 10.5. The second-order valence-corrected chi connectivity index (χ2v) is 5.33. The van der Waals surface area contributed by atoms with E-state index in [1.165, 1.54) is 6.08 Å². The van der Waals surface area contributed by atoms with E-state index in [0.717, 1.165) is 0 Å². The first-order chi connectivity index (χ1) is 4.59. The molecule has 0 aromatic rings. The average Bonchev–Trinajstić information content (AvgIpc) is 1.87. The molecule has 0 rings (SSSR count). The van der Waals surface area contributed by atoms with Crippen molar-refractivity contribution in [3.63, 3.8) is 0 Å². The maximum atomic E-state index is 9.68. The Morgan fingerprint density at radius 1 is 1.40 bits per heavy atom. The van der Waals surface area contributed by atoms with Gasteiger partial charge < -0.3 is 0 Å². The summed E-state index contributed by atoms with van der Waals surface area (Å²) in [5.74, 6) is 0. The van der Waals surface area contributed by atoms with Gasteiger partial charge in [-0.05, 0) is 0 Å². The van der Waals surface area contributed by atoms with Gasteiger partial charge in [-0.3, -0.25) is 0 Å². The van der Waals surface area contributed by atoms with Crippen molar-refractivity contribution in [3.05, 3.63) is 0 Å². The monoisotopic (exact) mass is 217 g/mol. The largest absolute Gasteiger partial charge is 0.236 e. The molecule has 0 aromatic heterocycles. The van der Waals surface area contributed by atoms with Crippen molar-refractivity contribution in [1.29, 1.82) is 0 Å². The van der Waals surface area contributed by atoms with E-state index in [1.807, 2.05) is 0 Å². The maximum absolute atomic E-state index is 9.68. The number of aliphatic imine (C=N–C) groups is 1. The van der Waals surface area contributed by atoms with Crippen LogP contribution in [0.25, 0.3) is 0 Å². The fourth-order valence-electron chi connectivity index (χ4n) is 0.340. The van der Waals surface area contributed by atoms with Crippen molar-refractivity contribution in [1.82, 2.24) is 0 Å². The molecule has 0 N–H and O–H groups in total. The molecule has 58 valence electrons. The van der Waals surface area contributed by atoms with Crippen LogP contribution in [0.3, 0.4) is 0 Å². The van der Waals surface area contributed by atoms with Crippen LogP contribution < -0.4 is 0 Å². The molecule has 10 heavy (non-hydrogen) atoms. The fraction of sp³-hybridized carbons (Fsp3) is 0.750. The molecule has 0 aliphatic rings. The Hall–Kier alpha value is 0.467. The summed E-state index contributed by atoms with van der Waals surface area (Å²) in [5.41, 5.74) is -0.751. The zero-order valence-corrected chi connectivity index (χ0v) is 9.49. The smallest absolute Gasteiger partial charge is 0.211 e. The van der Waals surface area contributed by atoms with Gasteiger partial charge in [-0.2, -0.15) is 4.99 Å². The van der Waals surface area contributed by atoms with Crippen molar-refractivity contribution >= 4 is 51.1 Å². The summed E-state index contributed by atoms with van der Waals surface area (Å²) < 4.78 is 0. The van der Waals surface area contributed by atoms with Crippen LogP contribution in [0.2, 0.25) is 0 Å². The van der Waals surface area contributed by atoms with Crippen molar-refractivity contribution in [3.8, 4) is 0 Å². The summed E-state index contributed by atoms with van der Waals surface area (Å²) in [4.78, 5) is 12.9. The Bertz CT molecular complexity index is 147. The number of hydrogen-bond donors (Lipinski definition) is 0. The molecular weight excluding hydrogens is 212 g/mol. The lowest BCUT2D eigenvalue weighted by molar-refractivity contribution is 0.561. The molecule has 2 nitrogen and oxygen atoms in total. The van der Waals surface area contributed by atoms with Gasteiger partial charge in [-0.15, -0.1) is 23.2 Å². The van der Waals surface area contributed by atoms with Crippen molar-refractivity contribution < 1.29 is 4.79 Å². The number of carbonyl (C=O) groups excluding carboxylic acids is 1. The van der Waals surface area contributed by atoms with E-state index in [0.29, 0.717) is 10.2 Å². The summed E-state index contributed by atoms with van der Waals surface area (Å²) in [5, 5.41) is -0.655. The molecule has 0 amide bonds. The standard InChI is InChI=1S/C4H6Cl3NOSi/c5-2(4(7)10)3(6)8-1-9/h2-4H,10H3. The third-order valence-electron chi connectivity index (χ3n) is 0.878. The predicted molar refractivity (Wildman–Crippen MR) is 47.0 cm³/mol. The van der Waals surface area contributed by atoms with Crippen LogP contribution in [-0.4, -0.2) is 32.2 Å². The van der Waals surface area contributed by atoms with Gasteiger partial charge in [0.25, 0.3) is 0 Å². The Morgan fingerprint density at radius 3 is 2.20 bits per heavy atom. The van der Waals surface area contributed by atoms with E-state index in [1.54, 1.807) is 0 Å². The molecule has 0 aliphatic heterocycles. The van der Waals surface area contributed by atoms with Gasteiger partial charge in [0.2, 0.25) is 6.08 Å². The second-order valence-electron chi connectivity index (χ2n) is 1.72. The number of hydrogen-bond acceptors (Lipinski definition) is 2. The molecule has 6 heteroatoms. The minimum absolute atomic E-state index is 0.179. The lowest BCUT2D eigenvalue weighted by atomic mass is 10.5. The zero-order valence-electron chi connectivity index (χ0n) is 5.22. The van der Waals surface area contributed by atoms with E-state index < -0.39 is 10.9 Å². The lowest BCUT2D eigenvalue weighted by Gasteiger charge is -2.11. The Kier molecular flexibility index (Phi) is 5.40. The van der Waals surface area contributed by atoms with E-state index in [2.05, 4.69) is 4.99 Å². The quantitative estimate of drug-likeness (QED) is 0.222. The van der Waals surface area contributed by atoms with Gasteiger partial charge in [-0.25, -0.2) is 4.79 Å². The van der Waals surface area contributed by atoms with Crippen LogP contribution in [0.5, 0.6) is 0 Å². The highest BCUT2D eigenvalue weighted by Gasteiger charge is 2.20. The van der Waals surface area contributed by atoms with Crippen LogP contribution in [0.15, 0.2) is 4.99 Å². The minimum Gasteiger partial charge on any atom is -0.211 e. The van der Waals surface area contributed by atoms with E-state index >= 15 is 0 Å². The van der Waals surface area contributed by atoms with E-state index in [9.17, 15) is 4.79 Å². The molecule has 3 unspecified atom stereocenters. The van der Waals surface area contributed by atoms with Crippen LogP contribution in [0.1, 0.15) is 0 Å². The van der Waals surface area contributed by atoms with Crippen molar-refractivity contribution in [2.45, 2.75) is 15.9 Å². The average molecular weight is 219 g/mol. The molecule has 3 atom stereocenters. The normalized spacial score (nSPS) is 19.1. The van der Waals surface area contributed by atoms with Gasteiger partial charge in [0, 0.05) is 15.2 Å². The van der Waals surface area contributed by atoms with Crippen molar-refractivity contribution in [2.24, 2.45) is 4.99 Å². The molecule has 0 saturated heterocycles. The molecule has 0 bridgehead atoms. The summed E-state index contributed by atoms with van der Waals surface area (Å²) >= 11 is 16.8. The summed E-state index contributed by atoms with van der Waals surface area (Å²) in [7, 11) is 0.717. The van der Waals surface area contributed by atoms with Gasteiger partial charge >= 0.3 is 0 Å². The number of halogens is 3. The van der Waals surface area contributed by atoms with Crippen molar-refractivity contribution in [2.75, 3.05) is 0 Å². The minimum atomic E-state index is -0.751. The lowest BCUT2D eigenvalue weighted by Crippen LogP contribution is -2.24. The number of nitrogens with zero attached hydrogens (tertiary/aromatic N) is 1. The number of alkyl halides is 3. The van der Waals surface area contributed by atoms with Gasteiger partial charge in [0.1, 0.15) is 0 Å². The SMILES string of the molecule is O=C=NC(Cl)C(Cl)C([SiH3])Cl. The highest BCUT2D eigenvalue weighted by Crippen LogP contribution is 2.16. The zero-order chi connectivity index (χ0) is 8.15. The van der Waals surface area contributed by atoms with Crippen LogP contribution in [0.4, 0.5) is 0 Å². The fourth-order valence-corrected chi connectivity index (χ4v) is 1.48. The number of isocyanates is 1. The summed E-state index contributed by atoms with van der Waals surface area (Å²) in [6.07, 6.45) is 1.32. The topological polar surface area (TPSA) is 29.4 Å². The van der Waals surface area contributed by atoms with Crippen LogP contribution in [-0.2, 0) is 4.79 Å². The molecule has 0 aromatic carbocycles. The molecule has 0 radical (unpaired) electrons. The Balaban J connectivity index is 3.93. The first-order valence-corrected chi connectivity index (χ1v) is 5.05. The Morgan fingerprint density at radius 2 is 1.90 bits per heavy atom. The first-order valence-electron chi connectivity index (χ1n) is 2.58. The Labute approximate surface area is 77.0 Å². The summed E-state index contributed by atoms with van der Waals surface area (Å²) in [6, 6.07) is 0. The van der Waals surface area contributed by atoms with Crippen LogP contribution >= 0.6 is 34.8 Å². The van der Waals surface area contributed by atoms with Gasteiger partial charge in [0.05, 0.1) is 5.38 Å². The number of rotatable bonds is 3. The summed E-state index contributed by atoms with van der Waals surface area (Å²) in [6.45, 7) is 0. The van der Waals surface area contributed by atoms with Crippen LogP contribution in [0, 0.1) is 0 Å². The van der Waals surface area contributed by atoms with Gasteiger partial charge in [0.15, 0.2) is 5.50 Å². The molecule has 0 fully saturated rings. The molecule has 0 heterocycles. The molecule has 0 saturated carbocycles. The molecule has 0 spiro atoms. The highest BCUT2D eigenvalue weighted by atomic mass is 35.5. The maximum Gasteiger partial charge on any atom is 0.236 e. The van der Waals surface area contributed by atoms with E-state index in [4.69, 9.17) is 34.8 Å². The highest BCUT2D eigenvalue weighted by molar-refractivity contribution is 6.46. The third kappa shape index (κ3) is 3.59. The third-order valence-corrected chi connectivity index (χ3v) is 3.53. The molecule has 0 aliphatic carbocycles. The van der Waals surface area contributed by atoms with E-state index in [-0.39, 0.29) is 5.00 Å². The molecular formula is C4H6Cl3NOSi. The second kappa shape index (κ2) is 5.16. The predicted octanol–water partition coefficient (Wildman–Crippen LogP) is 0.425.